The van der Waals surface area contributed by atoms with Crippen LogP contribution < -0.4 is 10.6 Å². The summed E-state index contributed by atoms with van der Waals surface area (Å²) in [6.45, 7) is 5.69. The number of carbonyl (C=O) groups is 2. The first-order valence-corrected chi connectivity index (χ1v) is 7.15. The van der Waals surface area contributed by atoms with Crippen LogP contribution in [0.4, 0.5) is 10.5 Å². The summed E-state index contributed by atoms with van der Waals surface area (Å²) in [5, 5.41) is 14.2. The van der Waals surface area contributed by atoms with E-state index in [4.69, 9.17) is 5.11 Å². The van der Waals surface area contributed by atoms with Crippen molar-refractivity contribution < 1.29 is 14.7 Å². The number of rotatable bonds is 5. The molecule has 0 saturated heterocycles. The van der Waals surface area contributed by atoms with Gasteiger partial charge in [0.2, 0.25) is 0 Å². The fourth-order valence-corrected chi connectivity index (χ4v) is 2.10. The van der Waals surface area contributed by atoms with Crippen molar-refractivity contribution in [2.24, 2.45) is 5.92 Å². The predicted molar refractivity (Wildman–Crippen MR) is 81.9 cm³/mol. The van der Waals surface area contributed by atoms with Gasteiger partial charge in [0.05, 0.1) is 0 Å². The molecule has 0 aromatic heterocycles. The molecular weight excluding hydrogens is 324 g/mol. The molecule has 0 saturated carbocycles. The number of anilines is 1. The molecule has 0 spiro atoms. The molecule has 6 heteroatoms. The Morgan fingerprint density at radius 2 is 2.00 bits per heavy atom. The Morgan fingerprint density at radius 1 is 1.35 bits per heavy atom. The molecule has 2 amide bonds. The Bertz CT molecular complexity index is 503. The first-order valence-electron chi connectivity index (χ1n) is 6.36. The van der Waals surface area contributed by atoms with Crippen LogP contribution in [0.2, 0.25) is 0 Å². The lowest BCUT2D eigenvalue weighted by Gasteiger charge is -2.17. The molecule has 0 aliphatic heterocycles. The molecular formula is C14H19BrN2O3. The van der Waals surface area contributed by atoms with Crippen LogP contribution in [-0.2, 0) is 4.79 Å². The van der Waals surface area contributed by atoms with E-state index in [1.54, 1.807) is 6.07 Å². The fraction of sp³-hybridized carbons (Fsp3) is 0.429. The van der Waals surface area contributed by atoms with Gasteiger partial charge in [-0.3, -0.25) is 0 Å². The Labute approximate surface area is 126 Å². The Balaban J connectivity index is 2.70. The highest BCUT2D eigenvalue weighted by atomic mass is 79.9. The zero-order valence-corrected chi connectivity index (χ0v) is 13.3. The predicted octanol–water partition coefficient (Wildman–Crippen LogP) is 3.38. The minimum absolute atomic E-state index is 0.184. The van der Waals surface area contributed by atoms with E-state index in [1.165, 1.54) is 0 Å². The molecule has 1 atom stereocenters. The second-order valence-electron chi connectivity index (χ2n) is 5.08. The summed E-state index contributed by atoms with van der Waals surface area (Å²) in [4.78, 5) is 23.0. The van der Waals surface area contributed by atoms with Gasteiger partial charge in [-0.1, -0.05) is 35.8 Å². The van der Waals surface area contributed by atoms with Gasteiger partial charge in [-0.25, -0.2) is 9.59 Å². The molecule has 0 heterocycles. The summed E-state index contributed by atoms with van der Waals surface area (Å²) in [5.41, 5.74) is 1.55. The van der Waals surface area contributed by atoms with Crippen molar-refractivity contribution in [2.75, 3.05) is 5.32 Å². The lowest BCUT2D eigenvalue weighted by Crippen LogP contribution is -2.43. The van der Waals surface area contributed by atoms with Crippen molar-refractivity contribution in [2.45, 2.75) is 33.2 Å². The number of halogens is 1. The molecule has 1 aromatic rings. The van der Waals surface area contributed by atoms with Crippen molar-refractivity contribution in [3.05, 3.63) is 28.2 Å². The maximum absolute atomic E-state index is 11.9. The van der Waals surface area contributed by atoms with Crippen LogP contribution in [0.25, 0.3) is 0 Å². The lowest BCUT2D eigenvalue weighted by atomic mass is 10.0. The summed E-state index contributed by atoms with van der Waals surface area (Å²) < 4.78 is 0.843. The van der Waals surface area contributed by atoms with E-state index in [-0.39, 0.29) is 5.92 Å². The van der Waals surface area contributed by atoms with Crippen molar-refractivity contribution in [3.8, 4) is 0 Å². The molecule has 5 nitrogen and oxygen atoms in total. The van der Waals surface area contributed by atoms with Gasteiger partial charge in [0.25, 0.3) is 0 Å². The van der Waals surface area contributed by atoms with Gasteiger partial charge in [0, 0.05) is 10.2 Å². The van der Waals surface area contributed by atoms with Gasteiger partial charge in [-0.15, -0.1) is 0 Å². The molecule has 20 heavy (non-hydrogen) atoms. The maximum Gasteiger partial charge on any atom is 0.326 e. The van der Waals surface area contributed by atoms with Gasteiger partial charge < -0.3 is 15.7 Å². The molecule has 110 valence electrons. The number of carbonyl (C=O) groups excluding carboxylic acids is 1. The number of carboxylic acid groups (broad SMARTS) is 1. The molecule has 0 aliphatic rings. The van der Waals surface area contributed by atoms with Gasteiger partial charge >= 0.3 is 12.0 Å². The van der Waals surface area contributed by atoms with Gasteiger partial charge in [-0.05, 0) is 37.0 Å². The van der Waals surface area contributed by atoms with Crippen molar-refractivity contribution >= 4 is 33.6 Å². The van der Waals surface area contributed by atoms with E-state index in [1.807, 2.05) is 32.9 Å². The molecule has 0 unspecified atom stereocenters. The van der Waals surface area contributed by atoms with E-state index in [9.17, 15) is 9.59 Å². The van der Waals surface area contributed by atoms with Crippen LogP contribution in [-0.4, -0.2) is 23.1 Å². The number of hydrogen-bond acceptors (Lipinski definition) is 2. The first kappa shape index (κ1) is 16.5. The Kier molecular flexibility index (Phi) is 6.01. The van der Waals surface area contributed by atoms with Crippen molar-refractivity contribution in [1.29, 1.82) is 0 Å². The van der Waals surface area contributed by atoms with Crippen LogP contribution in [0.5, 0.6) is 0 Å². The highest BCUT2D eigenvalue weighted by Gasteiger charge is 2.21. The number of carboxylic acids is 1. The van der Waals surface area contributed by atoms with Crippen LogP contribution in [0, 0.1) is 12.8 Å². The highest BCUT2D eigenvalue weighted by molar-refractivity contribution is 9.10. The summed E-state index contributed by atoms with van der Waals surface area (Å²) in [7, 11) is 0. The third kappa shape index (κ3) is 5.21. The minimum atomic E-state index is -1.03. The van der Waals surface area contributed by atoms with E-state index in [0.29, 0.717) is 12.1 Å². The summed E-state index contributed by atoms with van der Waals surface area (Å²) in [6, 6.07) is 4.11. The quantitative estimate of drug-likeness (QED) is 0.767. The number of benzene rings is 1. The number of aryl methyl sites for hydroxylation is 1. The number of amides is 2. The second-order valence-corrected chi connectivity index (χ2v) is 5.99. The molecule has 0 aliphatic carbocycles. The molecule has 1 rings (SSSR count). The third-order valence-corrected chi connectivity index (χ3v) is 3.25. The van der Waals surface area contributed by atoms with Gasteiger partial charge in [0.1, 0.15) is 6.04 Å². The SMILES string of the molecule is Cc1ccc(Br)cc1NC(=O)N[C@@H](CC(C)C)C(=O)O. The van der Waals surface area contributed by atoms with Crippen LogP contribution in [0.1, 0.15) is 25.8 Å². The standard InChI is InChI=1S/C14H19BrN2O3/c1-8(2)6-12(13(18)19)17-14(20)16-11-7-10(15)5-4-9(11)3/h4-5,7-8,12H,6H2,1-3H3,(H,18,19)(H2,16,17,20)/t12-/m0/s1. The maximum atomic E-state index is 11.9. The zero-order valence-electron chi connectivity index (χ0n) is 11.7. The van der Waals surface area contributed by atoms with Gasteiger partial charge in [0.15, 0.2) is 0 Å². The topological polar surface area (TPSA) is 78.4 Å². The Morgan fingerprint density at radius 3 is 2.55 bits per heavy atom. The zero-order chi connectivity index (χ0) is 15.3. The number of hydrogen-bond donors (Lipinski definition) is 3. The number of nitrogens with one attached hydrogen (secondary N) is 2. The third-order valence-electron chi connectivity index (χ3n) is 2.76. The molecule has 0 bridgehead atoms. The van der Waals surface area contributed by atoms with Crippen LogP contribution >= 0.6 is 15.9 Å². The van der Waals surface area contributed by atoms with Crippen molar-refractivity contribution in [1.82, 2.24) is 5.32 Å². The second kappa shape index (κ2) is 7.28. The average Bonchev–Trinajstić information content (AvgIpc) is 2.32. The molecule has 1 aromatic carbocycles. The molecule has 0 radical (unpaired) electrons. The first-order chi connectivity index (χ1) is 9.29. The molecule has 3 N–H and O–H groups in total. The van der Waals surface area contributed by atoms with E-state index < -0.39 is 18.0 Å². The average molecular weight is 343 g/mol. The van der Waals surface area contributed by atoms with E-state index in [2.05, 4.69) is 26.6 Å². The number of aliphatic carboxylic acids is 1. The fourth-order valence-electron chi connectivity index (χ4n) is 1.74. The number of urea groups is 1. The van der Waals surface area contributed by atoms with Crippen LogP contribution in [0.3, 0.4) is 0 Å². The van der Waals surface area contributed by atoms with Gasteiger partial charge in [-0.2, -0.15) is 0 Å². The lowest BCUT2D eigenvalue weighted by molar-refractivity contribution is -0.139. The normalized spacial score (nSPS) is 12.1. The monoisotopic (exact) mass is 342 g/mol. The summed E-state index contributed by atoms with van der Waals surface area (Å²) >= 11 is 3.33. The summed E-state index contributed by atoms with van der Waals surface area (Å²) in [5.74, 6) is -0.844. The highest BCUT2D eigenvalue weighted by Crippen LogP contribution is 2.20. The Hall–Kier alpha value is -1.56. The molecule has 0 fully saturated rings. The smallest absolute Gasteiger partial charge is 0.326 e. The van der Waals surface area contributed by atoms with Crippen LogP contribution in [0.15, 0.2) is 22.7 Å². The largest absolute Gasteiger partial charge is 0.480 e. The minimum Gasteiger partial charge on any atom is -0.480 e. The van der Waals surface area contributed by atoms with E-state index in [0.717, 1.165) is 10.0 Å². The van der Waals surface area contributed by atoms with E-state index >= 15 is 0 Å². The van der Waals surface area contributed by atoms with Crippen molar-refractivity contribution in [3.63, 3.8) is 0 Å². The summed E-state index contributed by atoms with van der Waals surface area (Å²) in [6.07, 6.45) is 0.389.